The lowest BCUT2D eigenvalue weighted by atomic mass is 10.1. The molecule has 0 saturated heterocycles. The maximum atomic E-state index is 13.5. The first-order valence-electron chi connectivity index (χ1n) is 7.67. The van der Waals surface area contributed by atoms with Gasteiger partial charge < -0.3 is 4.74 Å². The summed E-state index contributed by atoms with van der Waals surface area (Å²) in [5.41, 5.74) is -0.124. The van der Waals surface area contributed by atoms with E-state index in [-0.39, 0.29) is 19.6 Å². The molecule has 0 aromatic heterocycles. The summed E-state index contributed by atoms with van der Waals surface area (Å²) in [6.45, 7) is -0.232. The van der Waals surface area contributed by atoms with Gasteiger partial charge in [-0.1, -0.05) is 12.1 Å². The lowest BCUT2D eigenvalue weighted by molar-refractivity contribution is 0.0476. The lowest BCUT2D eigenvalue weighted by Crippen LogP contribution is -2.31. The molecule has 0 fully saturated rings. The van der Waals surface area contributed by atoms with Crippen LogP contribution in [0.5, 0.6) is 0 Å². The predicted molar refractivity (Wildman–Crippen MR) is 83.0 cm³/mol. The van der Waals surface area contributed by atoms with E-state index in [0.717, 1.165) is 11.0 Å². The summed E-state index contributed by atoms with van der Waals surface area (Å²) in [4.78, 5) is 37.0. The van der Waals surface area contributed by atoms with Gasteiger partial charge in [-0.3, -0.25) is 14.5 Å². The van der Waals surface area contributed by atoms with Crippen LogP contribution in [0.4, 0.5) is 13.2 Å². The molecule has 0 unspecified atom stereocenters. The van der Waals surface area contributed by atoms with Crippen LogP contribution in [0.25, 0.3) is 0 Å². The molecule has 5 nitrogen and oxygen atoms in total. The van der Waals surface area contributed by atoms with Crippen LogP contribution in [-0.4, -0.2) is 35.8 Å². The van der Waals surface area contributed by atoms with Crippen LogP contribution in [-0.2, 0) is 4.74 Å². The Balaban J connectivity index is 1.55. The Morgan fingerprint density at radius 1 is 0.923 bits per heavy atom. The number of ether oxygens (including phenoxy) is 1. The molecule has 3 rings (SSSR count). The molecule has 134 valence electrons. The average molecular weight is 363 g/mol. The maximum Gasteiger partial charge on any atom is 0.341 e. The van der Waals surface area contributed by atoms with Crippen LogP contribution in [0.3, 0.4) is 0 Å². The fourth-order valence-corrected chi connectivity index (χ4v) is 2.59. The first-order chi connectivity index (χ1) is 12.4. The summed E-state index contributed by atoms with van der Waals surface area (Å²) in [5, 5.41) is 0. The second-order valence-corrected chi connectivity index (χ2v) is 5.52. The van der Waals surface area contributed by atoms with Gasteiger partial charge in [-0.05, 0) is 30.7 Å². The maximum absolute atomic E-state index is 13.5. The number of imide groups is 1. The van der Waals surface area contributed by atoms with Gasteiger partial charge in [0.25, 0.3) is 11.8 Å². The largest absolute Gasteiger partial charge is 0.462 e. The van der Waals surface area contributed by atoms with Gasteiger partial charge in [0.1, 0.15) is 0 Å². The second kappa shape index (κ2) is 6.99. The molecule has 2 amide bonds. The number of amides is 2. The fourth-order valence-electron chi connectivity index (χ4n) is 2.59. The third-order valence-corrected chi connectivity index (χ3v) is 3.89. The molecule has 1 aliphatic heterocycles. The van der Waals surface area contributed by atoms with Crippen LogP contribution < -0.4 is 0 Å². The summed E-state index contributed by atoms with van der Waals surface area (Å²) in [6.07, 6.45) is 0.114. The zero-order valence-electron chi connectivity index (χ0n) is 13.3. The highest BCUT2D eigenvalue weighted by molar-refractivity contribution is 6.21. The van der Waals surface area contributed by atoms with Crippen molar-refractivity contribution in [2.24, 2.45) is 0 Å². The third-order valence-electron chi connectivity index (χ3n) is 3.89. The summed E-state index contributed by atoms with van der Waals surface area (Å²) in [6, 6.07) is 7.77. The van der Waals surface area contributed by atoms with Gasteiger partial charge in [0.2, 0.25) is 0 Å². The number of nitrogens with zero attached hydrogens (tertiary/aromatic N) is 1. The summed E-state index contributed by atoms with van der Waals surface area (Å²) < 4.78 is 44.3. The average Bonchev–Trinajstić information content (AvgIpc) is 2.88. The number of benzene rings is 2. The van der Waals surface area contributed by atoms with Crippen molar-refractivity contribution in [2.45, 2.75) is 6.42 Å². The van der Waals surface area contributed by atoms with Gasteiger partial charge in [0.05, 0.1) is 23.3 Å². The van der Waals surface area contributed by atoms with Crippen LogP contribution >= 0.6 is 0 Å². The highest BCUT2D eigenvalue weighted by Gasteiger charge is 2.34. The van der Waals surface area contributed by atoms with Crippen molar-refractivity contribution in [2.75, 3.05) is 13.2 Å². The Morgan fingerprint density at radius 3 is 2.15 bits per heavy atom. The van der Waals surface area contributed by atoms with Gasteiger partial charge in [-0.25, -0.2) is 18.0 Å². The van der Waals surface area contributed by atoms with Gasteiger partial charge in [0.15, 0.2) is 17.5 Å². The van der Waals surface area contributed by atoms with Crippen molar-refractivity contribution < 1.29 is 32.3 Å². The van der Waals surface area contributed by atoms with Gasteiger partial charge in [-0.2, -0.15) is 0 Å². The first-order valence-corrected chi connectivity index (χ1v) is 7.67. The van der Waals surface area contributed by atoms with Gasteiger partial charge in [0, 0.05) is 6.54 Å². The number of fused-ring (bicyclic) bond motifs is 1. The molecular formula is C18H12F3NO4. The van der Waals surface area contributed by atoms with E-state index in [1.165, 1.54) is 0 Å². The normalized spacial score (nSPS) is 13.1. The molecule has 1 heterocycles. The molecule has 0 N–H and O–H groups in total. The lowest BCUT2D eigenvalue weighted by Gasteiger charge is -2.13. The summed E-state index contributed by atoms with van der Waals surface area (Å²) >= 11 is 0. The van der Waals surface area contributed by atoms with Crippen LogP contribution in [0.15, 0.2) is 36.4 Å². The molecule has 0 aliphatic carbocycles. The van der Waals surface area contributed by atoms with Crippen LogP contribution in [0.2, 0.25) is 0 Å². The minimum absolute atomic E-state index is 0.000111. The van der Waals surface area contributed by atoms with E-state index in [9.17, 15) is 27.6 Å². The molecule has 2 aromatic carbocycles. The zero-order chi connectivity index (χ0) is 18.8. The molecule has 2 aromatic rings. The molecule has 0 atom stereocenters. The molecule has 0 bridgehead atoms. The number of esters is 1. The quantitative estimate of drug-likeness (QED) is 0.355. The van der Waals surface area contributed by atoms with Crippen molar-refractivity contribution in [1.29, 1.82) is 0 Å². The van der Waals surface area contributed by atoms with Crippen molar-refractivity contribution in [3.05, 3.63) is 70.5 Å². The molecular weight excluding hydrogens is 351 g/mol. The van der Waals surface area contributed by atoms with E-state index in [4.69, 9.17) is 4.74 Å². The number of carbonyl (C=O) groups excluding carboxylic acids is 3. The number of hydrogen-bond acceptors (Lipinski definition) is 4. The van der Waals surface area contributed by atoms with E-state index in [1.807, 2.05) is 0 Å². The molecule has 0 saturated carbocycles. The number of rotatable bonds is 5. The molecule has 0 radical (unpaired) electrons. The predicted octanol–water partition coefficient (Wildman–Crippen LogP) is 2.95. The fraction of sp³-hybridized carbons (Fsp3) is 0.167. The molecule has 26 heavy (non-hydrogen) atoms. The summed E-state index contributed by atoms with van der Waals surface area (Å²) in [5.74, 6) is -6.85. The van der Waals surface area contributed by atoms with Crippen molar-refractivity contribution in [1.82, 2.24) is 4.90 Å². The molecule has 1 aliphatic rings. The minimum atomic E-state index is -1.76. The Morgan fingerprint density at radius 2 is 1.54 bits per heavy atom. The molecule has 8 heteroatoms. The van der Waals surface area contributed by atoms with Gasteiger partial charge >= 0.3 is 5.97 Å². The molecule has 0 spiro atoms. The number of halogens is 3. The topological polar surface area (TPSA) is 63.7 Å². The standard InChI is InChI=1S/C18H12F3NO4/c19-13-7-6-12(14(20)15(13)21)18(25)26-9-3-8-22-16(23)10-4-1-2-5-11(10)17(22)24/h1-2,4-7H,3,8-9H2. The smallest absolute Gasteiger partial charge is 0.341 e. The number of hydrogen-bond donors (Lipinski definition) is 0. The van der Waals surface area contributed by atoms with E-state index < -0.39 is 40.8 Å². The Hall–Kier alpha value is -3.16. The van der Waals surface area contributed by atoms with Crippen LogP contribution in [0, 0.1) is 17.5 Å². The summed E-state index contributed by atoms with van der Waals surface area (Å²) in [7, 11) is 0. The van der Waals surface area contributed by atoms with Crippen molar-refractivity contribution in [3.8, 4) is 0 Å². The highest BCUT2D eigenvalue weighted by Crippen LogP contribution is 2.22. The van der Waals surface area contributed by atoms with Crippen LogP contribution in [0.1, 0.15) is 37.5 Å². The van der Waals surface area contributed by atoms with E-state index in [0.29, 0.717) is 17.2 Å². The van der Waals surface area contributed by atoms with E-state index in [1.54, 1.807) is 24.3 Å². The van der Waals surface area contributed by atoms with E-state index >= 15 is 0 Å². The minimum Gasteiger partial charge on any atom is -0.462 e. The highest BCUT2D eigenvalue weighted by atomic mass is 19.2. The Bertz CT molecular complexity index is 878. The third kappa shape index (κ3) is 3.05. The second-order valence-electron chi connectivity index (χ2n) is 5.52. The zero-order valence-corrected chi connectivity index (χ0v) is 13.3. The van der Waals surface area contributed by atoms with E-state index in [2.05, 4.69) is 0 Å². The van der Waals surface area contributed by atoms with Gasteiger partial charge in [-0.15, -0.1) is 0 Å². The first kappa shape index (κ1) is 17.7. The van der Waals surface area contributed by atoms with Crippen molar-refractivity contribution >= 4 is 17.8 Å². The Labute approximate surface area is 146 Å². The Kier molecular flexibility index (Phi) is 4.75. The monoisotopic (exact) mass is 363 g/mol. The SMILES string of the molecule is O=C(OCCCN1C(=O)c2ccccc2C1=O)c1ccc(F)c(F)c1F. The van der Waals surface area contributed by atoms with Crippen molar-refractivity contribution in [3.63, 3.8) is 0 Å². The number of carbonyl (C=O) groups is 3.